The highest BCUT2D eigenvalue weighted by atomic mass is 16.2. The van der Waals surface area contributed by atoms with E-state index in [9.17, 15) is 9.59 Å². The smallest absolute Gasteiger partial charge is 0.228 e. The lowest BCUT2D eigenvalue weighted by Gasteiger charge is -2.57. The molecule has 6 fully saturated rings. The van der Waals surface area contributed by atoms with Crippen LogP contribution in [0.2, 0.25) is 0 Å². The topological polar surface area (TPSA) is 40.6 Å². The monoisotopic (exact) mass is 358 g/mol. The van der Waals surface area contributed by atoms with Gasteiger partial charge in [-0.05, 0) is 87.9 Å². The largest absolute Gasteiger partial charge is 0.342 e. The van der Waals surface area contributed by atoms with Crippen molar-refractivity contribution < 1.29 is 9.59 Å². The molecule has 0 spiro atoms. The third-order valence-corrected chi connectivity index (χ3v) is 8.29. The number of piperidine rings is 2. The summed E-state index contributed by atoms with van der Waals surface area (Å²) in [6.45, 7) is 3.73. The molecule has 0 aromatic carbocycles. The first-order chi connectivity index (χ1) is 12.6. The minimum Gasteiger partial charge on any atom is -0.342 e. The van der Waals surface area contributed by atoms with Crippen LogP contribution in [0.15, 0.2) is 0 Å². The Morgan fingerprint density at radius 3 is 2.12 bits per heavy atom. The molecule has 26 heavy (non-hydrogen) atoms. The molecule has 0 atom stereocenters. The van der Waals surface area contributed by atoms with Crippen LogP contribution < -0.4 is 0 Å². The van der Waals surface area contributed by atoms with E-state index in [0.29, 0.717) is 17.7 Å². The van der Waals surface area contributed by atoms with Gasteiger partial charge in [-0.15, -0.1) is 0 Å². The van der Waals surface area contributed by atoms with Gasteiger partial charge in [0.1, 0.15) is 0 Å². The molecule has 4 bridgehead atoms. The van der Waals surface area contributed by atoms with E-state index < -0.39 is 0 Å². The van der Waals surface area contributed by atoms with Crippen LogP contribution in [0.1, 0.15) is 70.6 Å². The first-order valence-electron chi connectivity index (χ1n) is 11.2. The second-order valence-corrected chi connectivity index (χ2v) is 10.2. The number of rotatable bonds is 3. The van der Waals surface area contributed by atoms with Crippen molar-refractivity contribution in [2.24, 2.45) is 29.1 Å². The molecular weight excluding hydrogens is 324 g/mol. The highest BCUT2D eigenvalue weighted by Crippen LogP contribution is 2.60. The fourth-order valence-electron chi connectivity index (χ4n) is 7.39. The average Bonchev–Trinajstić information content (AvgIpc) is 2.63. The zero-order valence-corrected chi connectivity index (χ0v) is 16.1. The summed E-state index contributed by atoms with van der Waals surface area (Å²) in [4.78, 5) is 29.8. The van der Waals surface area contributed by atoms with Crippen molar-refractivity contribution >= 4 is 11.8 Å². The molecule has 0 aromatic rings. The first-order valence-corrected chi connectivity index (χ1v) is 11.2. The lowest BCUT2D eigenvalue weighted by Crippen LogP contribution is -2.56. The van der Waals surface area contributed by atoms with Gasteiger partial charge in [0.25, 0.3) is 0 Å². The molecular formula is C22H34N2O2. The van der Waals surface area contributed by atoms with E-state index in [1.807, 2.05) is 0 Å². The second kappa shape index (κ2) is 6.53. The molecule has 2 heterocycles. The van der Waals surface area contributed by atoms with Crippen LogP contribution in [0.25, 0.3) is 0 Å². The maximum atomic E-state index is 13.5. The van der Waals surface area contributed by atoms with Crippen LogP contribution in [0.3, 0.4) is 0 Å². The number of carbonyl (C=O) groups excluding carboxylic acids is 2. The SMILES string of the molecule is O=C1CCCCN1CC1CCN(C(=O)C23CC4CC(CC(C4)C2)C3)CC1. The van der Waals surface area contributed by atoms with Crippen molar-refractivity contribution in [2.45, 2.75) is 70.6 Å². The van der Waals surface area contributed by atoms with Crippen LogP contribution in [0, 0.1) is 29.1 Å². The Kier molecular flexibility index (Phi) is 4.28. The van der Waals surface area contributed by atoms with E-state index in [4.69, 9.17) is 0 Å². The summed E-state index contributed by atoms with van der Waals surface area (Å²) in [5.41, 5.74) is 0.0183. The Balaban J connectivity index is 1.18. The van der Waals surface area contributed by atoms with Crippen LogP contribution in [-0.2, 0) is 9.59 Å². The maximum Gasteiger partial charge on any atom is 0.228 e. The fraction of sp³-hybridized carbons (Fsp3) is 0.909. The van der Waals surface area contributed by atoms with E-state index in [0.717, 1.165) is 76.0 Å². The van der Waals surface area contributed by atoms with Crippen molar-refractivity contribution in [3.63, 3.8) is 0 Å². The average molecular weight is 359 g/mol. The van der Waals surface area contributed by atoms with Crippen molar-refractivity contribution in [1.82, 2.24) is 9.80 Å². The second-order valence-electron chi connectivity index (χ2n) is 10.2. The van der Waals surface area contributed by atoms with Crippen molar-refractivity contribution in [3.8, 4) is 0 Å². The van der Waals surface area contributed by atoms with Gasteiger partial charge in [0, 0.05) is 32.6 Å². The minimum absolute atomic E-state index is 0.0183. The number of carbonyl (C=O) groups is 2. The minimum atomic E-state index is 0.0183. The van der Waals surface area contributed by atoms with Crippen LogP contribution in [0.5, 0.6) is 0 Å². The first kappa shape index (κ1) is 17.1. The van der Waals surface area contributed by atoms with E-state index in [2.05, 4.69) is 9.80 Å². The Hall–Kier alpha value is -1.06. The van der Waals surface area contributed by atoms with Crippen LogP contribution in [0.4, 0.5) is 0 Å². The van der Waals surface area contributed by atoms with Crippen molar-refractivity contribution in [3.05, 3.63) is 0 Å². The van der Waals surface area contributed by atoms with Gasteiger partial charge in [-0.1, -0.05) is 0 Å². The maximum absolute atomic E-state index is 13.5. The molecule has 0 radical (unpaired) electrons. The standard InChI is InChI=1S/C22H34N2O2/c25-20-3-1-2-6-24(20)15-16-4-7-23(8-5-16)21(26)22-12-17-9-18(13-22)11-19(10-17)14-22/h16-19H,1-15H2. The molecule has 144 valence electrons. The molecule has 4 saturated carbocycles. The third-order valence-electron chi connectivity index (χ3n) is 8.29. The number of nitrogens with zero attached hydrogens (tertiary/aromatic N) is 2. The summed E-state index contributed by atoms with van der Waals surface area (Å²) < 4.78 is 0. The summed E-state index contributed by atoms with van der Waals surface area (Å²) >= 11 is 0. The zero-order chi connectivity index (χ0) is 17.7. The summed E-state index contributed by atoms with van der Waals surface area (Å²) in [5, 5.41) is 0. The third kappa shape index (κ3) is 2.97. The lowest BCUT2D eigenvalue weighted by atomic mass is 9.49. The van der Waals surface area contributed by atoms with Gasteiger partial charge in [-0.3, -0.25) is 9.59 Å². The molecule has 0 aromatic heterocycles. The molecule has 6 rings (SSSR count). The Bertz CT molecular complexity index is 543. The summed E-state index contributed by atoms with van der Waals surface area (Å²) in [6, 6.07) is 0. The summed E-state index contributed by atoms with van der Waals surface area (Å²) in [7, 11) is 0. The molecule has 2 amide bonds. The number of amides is 2. The van der Waals surface area contributed by atoms with E-state index >= 15 is 0 Å². The number of hydrogen-bond acceptors (Lipinski definition) is 2. The predicted octanol–water partition coefficient (Wildman–Crippen LogP) is 3.45. The Labute approximate surface area is 157 Å². The zero-order valence-electron chi connectivity index (χ0n) is 16.1. The van der Waals surface area contributed by atoms with E-state index in [-0.39, 0.29) is 5.41 Å². The van der Waals surface area contributed by atoms with Gasteiger partial charge in [0.05, 0.1) is 5.41 Å². The van der Waals surface area contributed by atoms with Crippen LogP contribution >= 0.6 is 0 Å². The van der Waals surface area contributed by atoms with Crippen molar-refractivity contribution in [2.75, 3.05) is 26.2 Å². The molecule has 4 aliphatic carbocycles. The Morgan fingerprint density at radius 2 is 1.54 bits per heavy atom. The normalized spacial score (nSPS) is 40.3. The number of likely N-dealkylation sites (tertiary alicyclic amines) is 2. The Morgan fingerprint density at radius 1 is 0.923 bits per heavy atom. The van der Waals surface area contributed by atoms with E-state index in [1.165, 1.54) is 38.5 Å². The molecule has 0 N–H and O–H groups in total. The van der Waals surface area contributed by atoms with E-state index in [1.54, 1.807) is 0 Å². The summed E-state index contributed by atoms with van der Waals surface area (Å²) in [5.74, 6) is 3.97. The number of hydrogen-bond donors (Lipinski definition) is 0. The van der Waals surface area contributed by atoms with Gasteiger partial charge >= 0.3 is 0 Å². The predicted molar refractivity (Wildman–Crippen MR) is 100 cm³/mol. The van der Waals surface area contributed by atoms with Crippen LogP contribution in [-0.4, -0.2) is 47.8 Å². The van der Waals surface area contributed by atoms with Gasteiger partial charge < -0.3 is 9.80 Å². The lowest BCUT2D eigenvalue weighted by molar-refractivity contribution is -0.159. The highest BCUT2D eigenvalue weighted by molar-refractivity contribution is 5.83. The van der Waals surface area contributed by atoms with Gasteiger partial charge in [-0.2, -0.15) is 0 Å². The quantitative estimate of drug-likeness (QED) is 0.775. The molecule has 4 heteroatoms. The molecule has 2 saturated heterocycles. The molecule has 6 aliphatic rings. The van der Waals surface area contributed by atoms with Gasteiger partial charge in [0.2, 0.25) is 11.8 Å². The molecule has 4 nitrogen and oxygen atoms in total. The molecule has 0 unspecified atom stereocenters. The summed E-state index contributed by atoms with van der Waals surface area (Å²) in [6.07, 6.45) is 12.9. The fourth-order valence-corrected chi connectivity index (χ4v) is 7.39. The van der Waals surface area contributed by atoms with Crippen molar-refractivity contribution in [1.29, 1.82) is 0 Å². The molecule has 2 aliphatic heterocycles. The highest BCUT2D eigenvalue weighted by Gasteiger charge is 2.55. The van der Waals surface area contributed by atoms with Gasteiger partial charge in [0.15, 0.2) is 0 Å². The van der Waals surface area contributed by atoms with Gasteiger partial charge in [-0.25, -0.2) is 0 Å².